The first-order valence-corrected chi connectivity index (χ1v) is 16.1. The monoisotopic (exact) mass is 694 g/mol. The van der Waals surface area contributed by atoms with E-state index in [1.54, 1.807) is 12.1 Å². The molecule has 2 aromatic rings. The average molecular weight is 695 g/mol. The molecular weight excluding hydrogens is 656 g/mol. The third kappa shape index (κ3) is 5.77. The molecule has 17 nitrogen and oxygen atoms in total. The van der Waals surface area contributed by atoms with Crippen molar-refractivity contribution in [3.63, 3.8) is 0 Å². The molecule has 4 fully saturated rings. The summed E-state index contributed by atoms with van der Waals surface area (Å²) >= 11 is 0. The van der Waals surface area contributed by atoms with E-state index in [4.69, 9.17) is 47.4 Å². The molecule has 0 saturated carbocycles. The van der Waals surface area contributed by atoms with Crippen LogP contribution in [0, 0.1) is 11.8 Å². The number of hydrogen-bond acceptors (Lipinski definition) is 17. The van der Waals surface area contributed by atoms with Gasteiger partial charge in [-0.2, -0.15) is 0 Å². The van der Waals surface area contributed by atoms with Gasteiger partial charge in [-0.25, -0.2) is 0 Å². The third-order valence-corrected chi connectivity index (χ3v) is 10.0. The largest absolute Gasteiger partial charge is 0.461 e. The Morgan fingerprint density at radius 3 is 1.92 bits per heavy atom. The van der Waals surface area contributed by atoms with Crippen molar-refractivity contribution in [2.24, 2.45) is 11.8 Å². The van der Waals surface area contributed by atoms with Crippen molar-refractivity contribution in [1.82, 2.24) is 0 Å². The summed E-state index contributed by atoms with van der Waals surface area (Å²) in [7, 11) is 0. The van der Waals surface area contributed by atoms with Gasteiger partial charge >= 0.3 is 0 Å². The lowest BCUT2D eigenvalue weighted by atomic mass is 9.84. The van der Waals surface area contributed by atoms with E-state index in [2.05, 4.69) is 0 Å². The van der Waals surface area contributed by atoms with Crippen LogP contribution < -0.4 is 23.7 Å². The van der Waals surface area contributed by atoms with E-state index < -0.39 is 80.7 Å². The summed E-state index contributed by atoms with van der Waals surface area (Å²) < 4.78 is 58.6. The van der Waals surface area contributed by atoms with Gasteiger partial charge in [0.05, 0.1) is 38.6 Å². The second kappa shape index (κ2) is 13.3. The van der Waals surface area contributed by atoms with E-state index in [1.807, 2.05) is 18.2 Å². The maximum Gasteiger partial charge on any atom is 0.231 e. The Hall–Kier alpha value is -3.04. The third-order valence-electron chi connectivity index (χ3n) is 10.0. The van der Waals surface area contributed by atoms with E-state index in [1.165, 1.54) is 0 Å². The summed E-state index contributed by atoms with van der Waals surface area (Å²) in [5.41, 5.74) is 1.47. The first-order valence-electron chi connectivity index (χ1n) is 16.1. The van der Waals surface area contributed by atoms with Crippen LogP contribution in [0.3, 0.4) is 0 Å². The summed E-state index contributed by atoms with van der Waals surface area (Å²) in [5.74, 6) is 2.15. The molecule has 6 heterocycles. The average Bonchev–Trinajstić information content (AvgIpc) is 3.92. The number of benzene rings is 2. The number of aliphatic hydroxyl groups excluding tert-OH is 7. The zero-order valence-electron chi connectivity index (χ0n) is 25.9. The highest BCUT2D eigenvalue weighted by Gasteiger charge is 2.53. The molecule has 14 atom stereocenters. The van der Waals surface area contributed by atoms with Crippen LogP contribution >= 0.6 is 0 Å². The minimum atomic E-state index is -1.82. The minimum absolute atomic E-state index is 0.0346. The molecule has 0 spiro atoms. The molecule has 4 saturated heterocycles. The molecule has 0 aromatic heterocycles. The second-order valence-corrected chi connectivity index (χ2v) is 12.8. The maximum absolute atomic E-state index is 11.2. The molecule has 49 heavy (non-hydrogen) atoms. The number of aliphatic hydroxyl groups is 7. The van der Waals surface area contributed by atoms with Crippen molar-refractivity contribution in [3.8, 4) is 28.7 Å². The second-order valence-electron chi connectivity index (χ2n) is 12.8. The number of rotatable bonds is 8. The van der Waals surface area contributed by atoms with Gasteiger partial charge in [0, 0.05) is 23.5 Å². The zero-order valence-corrected chi connectivity index (χ0v) is 25.9. The number of hydrogen-bond donors (Lipinski definition) is 7. The van der Waals surface area contributed by atoms with E-state index >= 15 is 0 Å². The molecule has 8 rings (SSSR count). The summed E-state index contributed by atoms with van der Waals surface area (Å²) in [6, 6.07) is 8.99. The van der Waals surface area contributed by atoms with Crippen molar-refractivity contribution in [2.75, 3.05) is 40.0 Å². The molecule has 0 aliphatic carbocycles. The molecular formula is C32H38O17. The molecule has 0 unspecified atom stereocenters. The quantitative estimate of drug-likeness (QED) is 0.162. The van der Waals surface area contributed by atoms with Gasteiger partial charge in [0.15, 0.2) is 35.4 Å². The Morgan fingerprint density at radius 1 is 0.612 bits per heavy atom. The highest BCUT2D eigenvalue weighted by molar-refractivity contribution is 5.53. The smallest absolute Gasteiger partial charge is 0.231 e. The molecule has 7 N–H and O–H groups in total. The van der Waals surface area contributed by atoms with Crippen LogP contribution in [-0.4, -0.2) is 137 Å². The normalized spacial score (nSPS) is 40.8. The van der Waals surface area contributed by atoms with Gasteiger partial charge < -0.3 is 83.1 Å². The van der Waals surface area contributed by atoms with E-state index in [9.17, 15) is 35.7 Å². The lowest BCUT2D eigenvalue weighted by molar-refractivity contribution is -0.358. The Morgan fingerprint density at radius 2 is 1.20 bits per heavy atom. The molecule has 6 aliphatic rings. The molecule has 268 valence electrons. The number of ether oxygens (including phenoxy) is 10. The van der Waals surface area contributed by atoms with E-state index in [-0.39, 0.29) is 37.3 Å². The SMILES string of the molecule is OC[C@H]1O[C@H](O[C@H]2[C@@H](Oc3cc4c(cc3[C@H]3OC[C@@H]5[C@@H]3CO[C@H]5c3ccc5c(c3)OCO5)OCO4)O[C@H](CO)[C@@H](O)[C@@H]2O)[C@H](O)[C@@H](O)[C@@H]1O. The van der Waals surface area contributed by atoms with Crippen molar-refractivity contribution in [2.45, 2.75) is 73.6 Å². The predicted molar refractivity (Wildman–Crippen MR) is 157 cm³/mol. The van der Waals surface area contributed by atoms with Gasteiger partial charge in [-0.15, -0.1) is 0 Å². The first-order chi connectivity index (χ1) is 23.7. The van der Waals surface area contributed by atoms with Gasteiger partial charge in [0.2, 0.25) is 19.9 Å². The van der Waals surface area contributed by atoms with Gasteiger partial charge in [0.25, 0.3) is 0 Å². The van der Waals surface area contributed by atoms with Gasteiger partial charge in [-0.05, 0) is 23.8 Å². The van der Waals surface area contributed by atoms with Crippen molar-refractivity contribution < 1.29 is 83.1 Å². The molecule has 6 aliphatic heterocycles. The standard InChI is InChI=1S/C32H38O17/c33-6-21-23(35)25(37)27(39)31(47-21)49-30-26(38)24(36)22(7-34)48-32(30)46-17-5-20-19(44-11-45-20)4-13(17)29-15-9-40-28(14(15)8-41-29)12-1-2-16-18(3-12)43-10-42-16/h1-5,14-15,21-39H,6-11H2/t14-,15+,21-,22-,23-,24-,25+,26+,27-,28+,29-,30-,31-,32+/m1/s1. The zero-order chi connectivity index (χ0) is 34.0. The summed E-state index contributed by atoms with van der Waals surface area (Å²) in [4.78, 5) is 0. The lowest BCUT2D eigenvalue weighted by Gasteiger charge is -2.46. The van der Waals surface area contributed by atoms with Crippen molar-refractivity contribution >= 4 is 0 Å². The summed E-state index contributed by atoms with van der Waals surface area (Å²) in [6.07, 6.45) is -16.9. The highest BCUT2D eigenvalue weighted by Crippen LogP contribution is 2.54. The van der Waals surface area contributed by atoms with Gasteiger partial charge in [-0.1, -0.05) is 6.07 Å². The van der Waals surface area contributed by atoms with Crippen LogP contribution in [0.1, 0.15) is 23.3 Å². The van der Waals surface area contributed by atoms with E-state index in [0.717, 1.165) is 5.56 Å². The predicted octanol–water partition coefficient (Wildman–Crippen LogP) is -1.78. The Kier molecular flexibility index (Phi) is 8.96. The molecule has 17 heteroatoms. The van der Waals surface area contributed by atoms with Crippen LogP contribution in [-0.2, 0) is 23.7 Å². The van der Waals surface area contributed by atoms with Crippen molar-refractivity contribution in [1.29, 1.82) is 0 Å². The fraction of sp³-hybridized carbons (Fsp3) is 0.625. The van der Waals surface area contributed by atoms with Gasteiger partial charge in [0.1, 0.15) is 48.5 Å². The lowest BCUT2D eigenvalue weighted by Crippen LogP contribution is -2.65. The first kappa shape index (κ1) is 33.1. The Bertz CT molecular complexity index is 1510. The molecule has 2 aromatic carbocycles. The van der Waals surface area contributed by atoms with E-state index in [0.29, 0.717) is 41.8 Å². The maximum atomic E-state index is 11.2. The summed E-state index contributed by atoms with van der Waals surface area (Å²) in [5, 5.41) is 72.6. The highest BCUT2D eigenvalue weighted by atomic mass is 16.8. The summed E-state index contributed by atoms with van der Waals surface area (Å²) in [6.45, 7) is -0.556. The Labute approximate surface area is 278 Å². The molecule has 0 bridgehead atoms. The molecule has 0 radical (unpaired) electrons. The minimum Gasteiger partial charge on any atom is -0.461 e. The Balaban J connectivity index is 1.08. The topological polar surface area (TPSA) is 234 Å². The van der Waals surface area contributed by atoms with Crippen LogP contribution in [0.15, 0.2) is 30.3 Å². The van der Waals surface area contributed by atoms with Crippen LogP contribution in [0.2, 0.25) is 0 Å². The van der Waals surface area contributed by atoms with Crippen LogP contribution in [0.5, 0.6) is 28.7 Å². The fourth-order valence-electron chi connectivity index (χ4n) is 7.32. The van der Waals surface area contributed by atoms with Crippen LogP contribution in [0.4, 0.5) is 0 Å². The van der Waals surface area contributed by atoms with Crippen LogP contribution in [0.25, 0.3) is 0 Å². The van der Waals surface area contributed by atoms with Crippen molar-refractivity contribution in [3.05, 3.63) is 41.5 Å². The molecule has 0 amide bonds. The van der Waals surface area contributed by atoms with Gasteiger partial charge in [-0.3, -0.25) is 0 Å². The fourth-order valence-corrected chi connectivity index (χ4v) is 7.32. The number of fused-ring (bicyclic) bond motifs is 3.